The van der Waals surface area contributed by atoms with Gasteiger partial charge in [-0.25, -0.2) is 13.2 Å². The van der Waals surface area contributed by atoms with E-state index in [1.54, 1.807) is 13.8 Å². The third-order valence-electron chi connectivity index (χ3n) is 2.66. The van der Waals surface area contributed by atoms with Gasteiger partial charge in [-0.1, -0.05) is 20.8 Å². The van der Waals surface area contributed by atoms with Crippen LogP contribution in [0, 0.1) is 0 Å². The van der Waals surface area contributed by atoms with Gasteiger partial charge < -0.3 is 9.72 Å². The standard InChI is InChI=1S/C12H20N2O4S/c1-4-7-18-12(15)11-8-10(9-13-11)19(16,17)14(5-2)6-3/h8-9,13H,4-7H2,1-3H3. The minimum Gasteiger partial charge on any atom is -0.461 e. The van der Waals surface area contributed by atoms with Gasteiger partial charge in [0.05, 0.1) is 6.61 Å². The van der Waals surface area contributed by atoms with Gasteiger partial charge in [-0.05, 0) is 12.5 Å². The predicted octanol–water partition coefficient (Wildman–Crippen LogP) is 1.61. The summed E-state index contributed by atoms with van der Waals surface area (Å²) >= 11 is 0. The summed E-state index contributed by atoms with van der Waals surface area (Å²) in [5.41, 5.74) is 0.152. The molecule has 0 saturated carbocycles. The van der Waals surface area contributed by atoms with Crippen LogP contribution < -0.4 is 0 Å². The molecule has 0 spiro atoms. The van der Waals surface area contributed by atoms with Gasteiger partial charge in [0, 0.05) is 19.3 Å². The highest BCUT2D eigenvalue weighted by Gasteiger charge is 2.24. The van der Waals surface area contributed by atoms with Crippen LogP contribution >= 0.6 is 0 Å². The maximum absolute atomic E-state index is 12.2. The van der Waals surface area contributed by atoms with Crippen molar-refractivity contribution in [3.05, 3.63) is 18.0 Å². The van der Waals surface area contributed by atoms with E-state index in [1.165, 1.54) is 16.6 Å². The largest absolute Gasteiger partial charge is 0.461 e. The number of aromatic nitrogens is 1. The van der Waals surface area contributed by atoms with Gasteiger partial charge in [-0.2, -0.15) is 4.31 Å². The zero-order valence-electron chi connectivity index (χ0n) is 11.5. The zero-order chi connectivity index (χ0) is 14.5. The number of hydrogen-bond donors (Lipinski definition) is 1. The number of nitrogens with one attached hydrogen (secondary N) is 1. The lowest BCUT2D eigenvalue weighted by molar-refractivity contribution is 0.0499. The molecule has 0 radical (unpaired) electrons. The first-order valence-corrected chi connectivity index (χ1v) is 7.77. The Morgan fingerprint density at radius 2 is 1.95 bits per heavy atom. The Morgan fingerprint density at radius 3 is 2.47 bits per heavy atom. The molecule has 19 heavy (non-hydrogen) atoms. The molecular formula is C12H20N2O4S. The second kappa shape index (κ2) is 6.72. The van der Waals surface area contributed by atoms with E-state index in [0.717, 1.165) is 6.42 Å². The number of rotatable bonds is 7. The number of nitrogens with zero attached hydrogens (tertiary/aromatic N) is 1. The van der Waals surface area contributed by atoms with E-state index >= 15 is 0 Å². The van der Waals surface area contributed by atoms with Gasteiger partial charge >= 0.3 is 5.97 Å². The number of esters is 1. The van der Waals surface area contributed by atoms with Crippen molar-refractivity contribution in [1.82, 2.24) is 9.29 Å². The lowest BCUT2D eigenvalue weighted by Gasteiger charge is -2.16. The van der Waals surface area contributed by atoms with E-state index in [2.05, 4.69) is 4.98 Å². The quantitative estimate of drug-likeness (QED) is 0.773. The molecule has 0 aliphatic carbocycles. The number of carbonyl (C=O) groups excluding carboxylic acids is 1. The Kier molecular flexibility index (Phi) is 5.56. The van der Waals surface area contributed by atoms with Crippen LogP contribution in [-0.4, -0.2) is 43.4 Å². The first-order chi connectivity index (χ1) is 8.97. The first kappa shape index (κ1) is 15.7. The molecule has 1 aromatic heterocycles. The average Bonchev–Trinajstić information content (AvgIpc) is 2.87. The predicted molar refractivity (Wildman–Crippen MR) is 71.5 cm³/mol. The maximum atomic E-state index is 12.2. The van der Waals surface area contributed by atoms with Gasteiger partial charge in [0.25, 0.3) is 0 Å². The van der Waals surface area contributed by atoms with Crippen LogP contribution in [0.3, 0.4) is 0 Å². The lowest BCUT2D eigenvalue weighted by Crippen LogP contribution is -2.30. The van der Waals surface area contributed by atoms with Gasteiger partial charge in [0.2, 0.25) is 10.0 Å². The highest BCUT2D eigenvalue weighted by molar-refractivity contribution is 7.89. The van der Waals surface area contributed by atoms with E-state index in [1.807, 2.05) is 6.92 Å². The Morgan fingerprint density at radius 1 is 1.32 bits per heavy atom. The summed E-state index contributed by atoms with van der Waals surface area (Å²) in [4.78, 5) is 14.3. The number of hydrogen-bond acceptors (Lipinski definition) is 4. The van der Waals surface area contributed by atoms with Crippen molar-refractivity contribution in [2.24, 2.45) is 0 Å². The average molecular weight is 288 g/mol. The van der Waals surface area contributed by atoms with Crippen LogP contribution in [-0.2, 0) is 14.8 Å². The summed E-state index contributed by atoms with van der Waals surface area (Å²) in [6.07, 6.45) is 2.03. The molecule has 6 nitrogen and oxygen atoms in total. The van der Waals surface area contributed by atoms with Gasteiger partial charge in [0.1, 0.15) is 10.6 Å². The van der Waals surface area contributed by atoms with Crippen molar-refractivity contribution >= 4 is 16.0 Å². The molecule has 0 aliphatic rings. The summed E-state index contributed by atoms with van der Waals surface area (Å²) in [5.74, 6) is -0.539. The van der Waals surface area contributed by atoms with Crippen LogP contribution in [0.15, 0.2) is 17.2 Å². The molecule has 0 unspecified atom stereocenters. The third kappa shape index (κ3) is 3.57. The fraction of sp³-hybridized carbons (Fsp3) is 0.583. The number of aromatic amines is 1. The smallest absolute Gasteiger partial charge is 0.354 e. The summed E-state index contributed by atoms with van der Waals surface area (Å²) in [7, 11) is -3.54. The van der Waals surface area contributed by atoms with Crippen LogP contribution in [0.25, 0.3) is 0 Å². The molecule has 1 heterocycles. The van der Waals surface area contributed by atoms with Crippen LogP contribution in [0.2, 0.25) is 0 Å². The number of H-pyrrole nitrogens is 1. The van der Waals surface area contributed by atoms with E-state index in [-0.39, 0.29) is 10.6 Å². The highest BCUT2D eigenvalue weighted by atomic mass is 32.2. The zero-order valence-corrected chi connectivity index (χ0v) is 12.3. The minimum absolute atomic E-state index is 0.0830. The topological polar surface area (TPSA) is 79.5 Å². The third-order valence-corrected chi connectivity index (χ3v) is 4.68. The van der Waals surface area contributed by atoms with E-state index in [0.29, 0.717) is 19.7 Å². The van der Waals surface area contributed by atoms with Crippen molar-refractivity contribution in [1.29, 1.82) is 0 Å². The van der Waals surface area contributed by atoms with Crippen molar-refractivity contribution in [2.45, 2.75) is 32.1 Å². The van der Waals surface area contributed by atoms with E-state index < -0.39 is 16.0 Å². The molecule has 0 amide bonds. The van der Waals surface area contributed by atoms with Gasteiger partial charge in [-0.15, -0.1) is 0 Å². The van der Waals surface area contributed by atoms with Gasteiger partial charge in [-0.3, -0.25) is 0 Å². The number of ether oxygens (including phenoxy) is 1. The number of sulfonamides is 1. The van der Waals surface area contributed by atoms with Crippen molar-refractivity contribution < 1.29 is 17.9 Å². The lowest BCUT2D eigenvalue weighted by atomic mass is 10.4. The fourth-order valence-electron chi connectivity index (χ4n) is 1.63. The molecule has 0 atom stereocenters. The fourth-order valence-corrected chi connectivity index (χ4v) is 3.08. The normalized spacial score (nSPS) is 11.8. The van der Waals surface area contributed by atoms with E-state index in [9.17, 15) is 13.2 Å². The molecule has 7 heteroatoms. The molecule has 1 rings (SSSR count). The summed E-state index contributed by atoms with van der Waals surface area (Å²) in [5, 5.41) is 0. The van der Waals surface area contributed by atoms with Crippen LogP contribution in [0.4, 0.5) is 0 Å². The Labute approximate surface area is 113 Å². The Bertz CT molecular complexity index is 518. The molecule has 0 bridgehead atoms. The van der Waals surface area contributed by atoms with Crippen LogP contribution in [0.1, 0.15) is 37.7 Å². The summed E-state index contributed by atoms with van der Waals surface area (Å²) in [6.45, 7) is 6.52. The van der Waals surface area contributed by atoms with Crippen LogP contribution in [0.5, 0.6) is 0 Å². The Balaban J connectivity index is 2.93. The highest BCUT2D eigenvalue weighted by Crippen LogP contribution is 2.17. The molecule has 0 aromatic carbocycles. The number of carbonyl (C=O) groups is 1. The second-order valence-electron chi connectivity index (χ2n) is 3.97. The van der Waals surface area contributed by atoms with Gasteiger partial charge in [0.15, 0.2) is 0 Å². The molecule has 108 valence electrons. The molecule has 0 fully saturated rings. The first-order valence-electron chi connectivity index (χ1n) is 6.33. The second-order valence-corrected chi connectivity index (χ2v) is 5.91. The minimum atomic E-state index is -3.54. The molecule has 1 aromatic rings. The maximum Gasteiger partial charge on any atom is 0.354 e. The molecule has 0 saturated heterocycles. The summed E-state index contributed by atoms with van der Waals surface area (Å²) < 4.78 is 30.7. The summed E-state index contributed by atoms with van der Waals surface area (Å²) in [6, 6.07) is 1.31. The monoisotopic (exact) mass is 288 g/mol. The molecular weight excluding hydrogens is 268 g/mol. The van der Waals surface area contributed by atoms with Crippen molar-refractivity contribution in [2.75, 3.05) is 19.7 Å². The van der Waals surface area contributed by atoms with Crippen molar-refractivity contribution in [3.63, 3.8) is 0 Å². The molecule has 0 aliphatic heterocycles. The Hall–Kier alpha value is -1.34. The van der Waals surface area contributed by atoms with Crippen molar-refractivity contribution in [3.8, 4) is 0 Å². The molecule has 1 N–H and O–H groups in total. The van der Waals surface area contributed by atoms with E-state index in [4.69, 9.17) is 4.74 Å². The SMILES string of the molecule is CCCOC(=O)c1cc(S(=O)(=O)N(CC)CC)c[nH]1.